The van der Waals surface area contributed by atoms with E-state index in [1.165, 1.54) is 18.6 Å². The van der Waals surface area contributed by atoms with Crippen molar-refractivity contribution in [2.45, 2.75) is 51.0 Å². The second-order valence-corrected chi connectivity index (χ2v) is 8.78. The van der Waals surface area contributed by atoms with Crippen LogP contribution in [0.15, 0.2) is 43.2 Å². The van der Waals surface area contributed by atoms with Crippen LogP contribution in [0, 0.1) is 23.1 Å². The zero-order valence-corrected chi connectivity index (χ0v) is 19.0. The average Bonchev–Trinajstić information content (AvgIpc) is 3.53. The molecule has 4 heterocycles. The van der Waals surface area contributed by atoms with Gasteiger partial charge >= 0.3 is 0 Å². The molecule has 10 nitrogen and oxygen atoms in total. The molecule has 1 unspecified atom stereocenters. The number of ketones is 1. The lowest BCUT2D eigenvalue weighted by Gasteiger charge is -2.30. The summed E-state index contributed by atoms with van der Waals surface area (Å²) in [5.74, 6) is 1.57. The molecule has 4 aromatic rings. The van der Waals surface area contributed by atoms with Crippen molar-refractivity contribution in [3.05, 3.63) is 49.1 Å². The van der Waals surface area contributed by atoms with Crippen molar-refractivity contribution >= 4 is 17.2 Å². The van der Waals surface area contributed by atoms with Crippen LogP contribution in [0.25, 0.3) is 23.0 Å². The van der Waals surface area contributed by atoms with Gasteiger partial charge < -0.3 is 5.32 Å². The largest absolute Gasteiger partial charge is 0.367 e. The molecule has 1 saturated carbocycles. The van der Waals surface area contributed by atoms with Crippen LogP contribution in [0.2, 0.25) is 0 Å². The van der Waals surface area contributed by atoms with Gasteiger partial charge in [0.25, 0.3) is 0 Å². The summed E-state index contributed by atoms with van der Waals surface area (Å²) in [7, 11) is 0. The van der Waals surface area contributed by atoms with Gasteiger partial charge in [-0.3, -0.25) is 9.20 Å². The number of pyridine rings is 1. The highest BCUT2D eigenvalue weighted by atomic mass is 19.1. The Kier molecular flexibility index (Phi) is 6.43. The lowest BCUT2D eigenvalue weighted by molar-refractivity contribution is -0.118. The second kappa shape index (κ2) is 9.97. The number of fused-ring (bicyclic) bond motifs is 1. The molecule has 0 radical (unpaired) electrons. The molecule has 0 saturated heterocycles. The summed E-state index contributed by atoms with van der Waals surface area (Å²) < 4.78 is 17.1. The Labute approximate surface area is 200 Å². The molecule has 1 aliphatic rings. The van der Waals surface area contributed by atoms with Crippen LogP contribution in [-0.4, -0.2) is 45.9 Å². The topological polar surface area (TPSA) is 127 Å². The molecule has 0 amide bonds. The number of nitrogens with one attached hydrogen (secondary N) is 1. The SMILES string of the molecule is N#CCC(=O)CCC1CCC[C@@H](Nc2cc(-n3cncn3)nc(-c3cnc4ccc(F)cn34)n2)C1. The van der Waals surface area contributed by atoms with Gasteiger partial charge in [-0.1, -0.05) is 12.8 Å². The maximum Gasteiger partial charge on any atom is 0.182 e. The Hall–Kier alpha value is -4.20. The Morgan fingerprint density at radius 2 is 2.20 bits per heavy atom. The van der Waals surface area contributed by atoms with Gasteiger partial charge in [-0.05, 0) is 37.3 Å². The molecule has 2 atom stereocenters. The molecule has 1 aliphatic carbocycles. The van der Waals surface area contributed by atoms with E-state index in [0.29, 0.717) is 41.1 Å². The standard InChI is InChI=1S/C24H24FN9O/c25-17-5-7-22-28-12-20(33(22)13-17)24-31-21(11-23(32-24)34-15-27-14-29-34)30-18-3-1-2-16(10-18)4-6-19(35)8-9-26/h5,7,11-16,18H,1-4,6,8,10H2,(H,30,31,32)/t16?,18-/m1/s1. The third-order valence-electron chi connectivity index (χ3n) is 6.31. The van der Waals surface area contributed by atoms with Gasteiger partial charge in [-0.15, -0.1) is 0 Å². The number of carbonyl (C=O) groups excluding carboxylic acids is 1. The molecule has 0 aliphatic heterocycles. The maximum atomic E-state index is 13.9. The summed E-state index contributed by atoms with van der Waals surface area (Å²) >= 11 is 0. The van der Waals surface area contributed by atoms with E-state index in [0.717, 1.165) is 32.1 Å². The number of Topliss-reactive ketones (excluding diaryl/α,β-unsaturated/α-hetero) is 1. The molecule has 1 fully saturated rings. The number of nitrogens with zero attached hydrogens (tertiary/aromatic N) is 8. The lowest BCUT2D eigenvalue weighted by Crippen LogP contribution is -2.28. The number of hydrogen-bond donors (Lipinski definition) is 1. The van der Waals surface area contributed by atoms with Crippen LogP contribution in [0.3, 0.4) is 0 Å². The van der Waals surface area contributed by atoms with Crippen LogP contribution in [-0.2, 0) is 4.79 Å². The fraction of sp³-hybridized carbons (Fsp3) is 0.375. The van der Waals surface area contributed by atoms with E-state index >= 15 is 0 Å². The minimum Gasteiger partial charge on any atom is -0.367 e. The van der Waals surface area contributed by atoms with Crippen LogP contribution in [0.4, 0.5) is 10.2 Å². The van der Waals surface area contributed by atoms with Crippen molar-refractivity contribution in [1.82, 2.24) is 34.1 Å². The first-order valence-electron chi connectivity index (χ1n) is 11.6. The van der Waals surface area contributed by atoms with Gasteiger partial charge in [-0.2, -0.15) is 10.4 Å². The molecular weight excluding hydrogens is 449 g/mol. The first-order chi connectivity index (χ1) is 17.1. The first-order valence-corrected chi connectivity index (χ1v) is 11.6. The Balaban J connectivity index is 1.41. The van der Waals surface area contributed by atoms with Gasteiger partial charge in [0, 0.05) is 24.7 Å². The van der Waals surface area contributed by atoms with Gasteiger partial charge in [0.2, 0.25) is 0 Å². The van der Waals surface area contributed by atoms with Crippen LogP contribution >= 0.6 is 0 Å². The van der Waals surface area contributed by atoms with Gasteiger partial charge in [0.1, 0.15) is 41.4 Å². The molecule has 35 heavy (non-hydrogen) atoms. The monoisotopic (exact) mass is 473 g/mol. The van der Waals surface area contributed by atoms with E-state index in [4.69, 9.17) is 10.2 Å². The molecule has 5 rings (SSSR count). The fourth-order valence-corrected chi connectivity index (χ4v) is 4.62. The second-order valence-electron chi connectivity index (χ2n) is 8.78. The van der Waals surface area contributed by atoms with Crippen LogP contribution in [0.5, 0.6) is 0 Å². The summed E-state index contributed by atoms with van der Waals surface area (Å²) in [6.45, 7) is 0. The number of imidazole rings is 1. The third kappa shape index (κ3) is 5.16. The molecular formula is C24H24FN9O. The predicted molar refractivity (Wildman–Crippen MR) is 125 cm³/mol. The summed E-state index contributed by atoms with van der Waals surface area (Å²) in [5.41, 5.74) is 1.15. The van der Waals surface area contributed by atoms with Crippen molar-refractivity contribution in [1.29, 1.82) is 5.26 Å². The number of aromatic nitrogens is 7. The molecule has 0 bridgehead atoms. The van der Waals surface area contributed by atoms with Crippen molar-refractivity contribution in [2.75, 3.05) is 5.32 Å². The zero-order chi connectivity index (χ0) is 24.2. The van der Waals surface area contributed by atoms with Crippen molar-refractivity contribution in [3.63, 3.8) is 0 Å². The molecule has 4 aromatic heterocycles. The predicted octanol–water partition coefficient (Wildman–Crippen LogP) is 3.74. The Bertz CT molecular complexity index is 1380. The first kappa shape index (κ1) is 22.6. The normalized spacial score (nSPS) is 17.8. The summed E-state index contributed by atoms with van der Waals surface area (Å²) in [4.78, 5) is 29.5. The summed E-state index contributed by atoms with van der Waals surface area (Å²) in [6, 6.07) is 6.88. The minimum absolute atomic E-state index is 0.00460. The summed E-state index contributed by atoms with van der Waals surface area (Å²) in [6.07, 6.45) is 11.2. The fourth-order valence-electron chi connectivity index (χ4n) is 4.62. The van der Waals surface area contributed by atoms with E-state index in [9.17, 15) is 9.18 Å². The van der Waals surface area contributed by atoms with E-state index in [2.05, 4.69) is 25.4 Å². The average molecular weight is 474 g/mol. The highest BCUT2D eigenvalue weighted by Crippen LogP contribution is 2.30. The quantitative estimate of drug-likeness (QED) is 0.410. The maximum absolute atomic E-state index is 13.9. The minimum atomic E-state index is -0.385. The van der Waals surface area contributed by atoms with E-state index in [1.807, 2.05) is 12.1 Å². The molecule has 11 heteroatoms. The molecule has 178 valence electrons. The molecule has 1 N–H and O–H groups in total. The van der Waals surface area contributed by atoms with E-state index < -0.39 is 0 Å². The van der Waals surface area contributed by atoms with Gasteiger partial charge in [0.05, 0.1) is 18.7 Å². The number of halogens is 1. The number of rotatable bonds is 8. The van der Waals surface area contributed by atoms with Crippen LogP contribution in [0.1, 0.15) is 44.9 Å². The number of hydrogen-bond acceptors (Lipinski definition) is 8. The van der Waals surface area contributed by atoms with E-state index in [1.54, 1.807) is 27.7 Å². The number of carbonyl (C=O) groups is 1. The smallest absolute Gasteiger partial charge is 0.182 e. The number of anilines is 1. The van der Waals surface area contributed by atoms with Crippen molar-refractivity contribution in [3.8, 4) is 23.4 Å². The van der Waals surface area contributed by atoms with E-state index in [-0.39, 0.29) is 24.1 Å². The lowest BCUT2D eigenvalue weighted by atomic mass is 9.82. The zero-order valence-electron chi connectivity index (χ0n) is 19.0. The third-order valence-corrected chi connectivity index (χ3v) is 6.31. The molecule has 0 aromatic carbocycles. The summed E-state index contributed by atoms with van der Waals surface area (Å²) in [5, 5.41) is 16.4. The van der Waals surface area contributed by atoms with Gasteiger partial charge in [-0.25, -0.2) is 29.0 Å². The highest BCUT2D eigenvalue weighted by Gasteiger charge is 2.23. The molecule has 0 spiro atoms. The van der Waals surface area contributed by atoms with Crippen molar-refractivity contribution < 1.29 is 9.18 Å². The number of nitriles is 1. The highest BCUT2D eigenvalue weighted by molar-refractivity contribution is 5.80. The Morgan fingerprint density at radius 1 is 1.29 bits per heavy atom. The van der Waals surface area contributed by atoms with Crippen LogP contribution < -0.4 is 5.32 Å². The van der Waals surface area contributed by atoms with Gasteiger partial charge in [0.15, 0.2) is 11.6 Å². The van der Waals surface area contributed by atoms with Crippen molar-refractivity contribution in [2.24, 2.45) is 5.92 Å². The Morgan fingerprint density at radius 3 is 3.03 bits per heavy atom.